The van der Waals surface area contributed by atoms with E-state index in [0.29, 0.717) is 0 Å². The van der Waals surface area contributed by atoms with Crippen molar-refractivity contribution in [1.29, 1.82) is 0 Å². The van der Waals surface area contributed by atoms with Gasteiger partial charge in [-0.1, -0.05) is 28.8 Å². The minimum Gasteiger partial charge on any atom is -0.345 e. The van der Waals surface area contributed by atoms with Crippen molar-refractivity contribution >= 4 is 49.1 Å². The molecule has 0 aromatic carbocycles. The van der Waals surface area contributed by atoms with Crippen LogP contribution in [0.4, 0.5) is 0 Å². The molecule has 0 unspecified atom stereocenters. The first-order valence-corrected chi connectivity index (χ1v) is 8.44. The van der Waals surface area contributed by atoms with Gasteiger partial charge >= 0.3 is 0 Å². The fraction of sp³-hybridized carbons (Fsp3) is 0.583. The van der Waals surface area contributed by atoms with Gasteiger partial charge in [-0.15, -0.1) is 11.3 Å². The monoisotopic (exact) mass is 379 g/mol. The SMILES string of the molecule is Cc1cc(C(=O)NC2(CBr)CCCC2)sc1Br. The molecule has 1 N–H and O–H groups in total. The first-order chi connectivity index (χ1) is 8.06. The Bertz CT molecular complexity index is 405. The Morgan fingerprint density at radius 3 is 2.65 bits per heavy atom. The van der Waals surface area contributed by atoms with E-state index in [1.165, 1.54) is 24.2 Å². The molecule has 0 saturated heterocycles. The maximum absolute atomic E-state index is 12.2. The normalized spacial score (nSPS) is 18.3. The third-order valence-electron chi connectivity index (χ3n) is 3.28. The molecular formula is C12H15Br2NOS. The lowest BCUT2D eigenvalue weighted by molar-refractivity contribution is 0.0914. The molecule has 5 heteroatoms. The fourth-order valence-electron chi connectivity index (χ4n) is 2.22. The molecule has 1 aliphatic rings. The highest BCUT2D eigenvalue weighted by Gasteiger charge is 2.34. The number of carbonyl (C=O) groups is 1. The van der Waals surface area contributed by atoms with Crippen molar-refractivity contribution in [3.05, 3.63) is 20.3 Å². The van der Waals surface area contributed by atoms with E-state index in [9.17, 15) is 4.79 Å². The van der Waals surface area contributed by atoms with Gasteiger partial charge in [-0.05, 0) is 47.3 Å². The van der Waals surface area contributed by atoms with Gasteiger partial charge < -0.3 is 5.32 Å². The highest BCUT2D eigenvalue weighted by Crippen LogP contribution is 2.33. The topological polar surface area (TPSA) is 29.1 Å². The van der Waals surface area contributed by atoms with Crippen molar-refractivity contribution in [2.24, 2.45) is 0 Å². The maximum Gasteiger partial charge on any atom is 0.261 e. The zero-order valence-electron chi connectivity index (χ0n) is 9.69. The van der Waals surface area contributed by atoms with E-state index >= 15 is 0 Å². The molecule has 94 valence electrons. The summed E-state index contributed by atoms with van der Waals surface area (Å²) in [5, 5.41) is 4.05. The van der Waals surface area contributed by atoms with Crippen LogP contribution in [-0.2, 0) is 0 Å². The van der Waals surface area contributed by atoms with Gasteiger partial charge in [-0.2, -0.15) is 0 Å². The number of hydrogen-bond donors (Lipinski definition) is 1. The Kier molecular flexibility index (Phi) is 4.31. The largest absolute Gasteiger partial charge is 0.345 e. The Labute approximate surface area is 122 Å². The van der Waals surface area contributed by atoms with Crippen molar-refractivity contribution < 1.29 is 4.79 Å². The third kappa shape index (κ3) is 2.93. The second-order valence-electron chi connectivity index (χ2n) is 4.64. The molecular weight excluding hydrogens is 366 g/mol. The van der Waals surface area contributed by atoms with Crippen LogP contribution < -0.4 is 5.32 Å². The zero-order valence-corrected chi connectivity index (χ0v) is 13.7. The summed E-state index contributed by atoms with van der Waals surface area (Å²) >= 11 is 8.49. The predicted molar refractivity (Wildman–Crippen MR) is 79.2 cm³/mol. The standard InChI is InChI=1S/C12H15Br2NOS/c1-8-6-9(17-10(8)14)11(16)15-12(7-13)4-2-3-5-12/h6H,2-5,7H2,1H3,(H,15,16). The second kappa shape index (κ2) is 5.41. The average Bonchev–Trinajstić information content (AvgIpc) is 2.88. The molecule has 1 aromatic rings. The molecule has 1 fully saturated rings. The van der Waals surface area contributed by atoms with Crippen LogP contribution in [0.1, 0.15) is 40.9 Å². The maximum atomic E-state index is 12.2. The van der Waals surface area contributed by atoms with Crippen LogP contribution in [0.15, 0.2) is 9.85 Å². The number of alkyl halides is 1. The summed E-state index contributed by atoms with van der Waals surface area (Å²) in [5.41, 5.74) is 1.10. The Hall–Kier alpha value is 0.130. The number of hydrogen-bond acceptors (Lipinski definition) is 2. The number of amides is 1. The molecule has 2 nitrogen and oxygen atoms in total. The van der Waals surface area contributed by atoms with Crippen LogP contribution in [0.25, 0.3) is 0 Å². The van der Waals surface area contributed by atoms with E-state index < -0.39 is 0 Å². The molecule has 1 aliphatic carbocycles. The van der Waals surface area contributed by atoms with Crippen LogP contribution in [0.2, 0.25) is 0 Å². The van der Waals surface area contributed by atoms with Crippen LogP contribution in [0.3, 0.4) is 0 Å². The molecule has 17 heavy (non-hydrogen) atoms. The Morgan fingerprint density at radius 2 is 2.18 bits per heavy atom. The van der Waals surface area contributed by atoms with Crippen molar-refractivity contribution in [3.8, 4) is 0 Å². The molecule has 1 amide bonds. The van der Waals surface area contributed by atoms with Crippen molar-refractivity contribution in [2.45, 2.75) is 38.1 Å². The summed E-state index contributed by atoms with van der Waals surface area (Å²) < 4.78 is 1.04. The summed E-state index contributed by atoms with van der Waals surface area (Å²) in [6.07, 6.45) is 4.57. The highest BCUT2D eigenvalue weighted by atomic mass is 79.9. The van der Waals surface area contributed by atoms with Gasteiger partial charge in [0, 0.05) is 5.33 Å². The van der Waals surface area contributed by atoms with Crippen LogP contribution in [0.5, 0.6) is 0 Å². The van der Waals surface area contributed by atoms with Gasteiger partial charge in [-0.3, -0.25) is 4.79 Å². The predicted octanol–water partition coefficient (Wildman–Crippen LogP) is 4.26. The molecule has 1 heterocycles. The lowest BCUT2D eigenvalue weighted by Gasteiger charge is -2.27. The number of thiophene rings is 1. The van der Waals surface area contributed by atoms with Crippen LogP contribution in [-0.4, -0.2) is 16.8 Å². The summed E-state index contributed by atoms with van der Waals surface area (Å²) in [6.45, 7) is 2.01. The van der Waals surface area contributed by atoms with Gasteiger partial charge in [0.05, 0.1) is 14.2 Å². The highest BCUT2D eigenvalue weighted by molar-refractivity contribution is 9.11. The Morgan fingerprint density at radius 1 is 1.53 bits per heavy atom. The Balaban J connectivity index is 2.10. The fourth-order valence-corrected chi connectivity index (χ4v) is 4.35. The number of rotatable bonds is 3. The van der Waals surface area contributed by atoms with E-state index in [-0.39, 0.29) is 11.4 Å². The van der Waals surface area contributed by atoms with E-state index in [1.807, 2.05) is 13.0 Å². The van der Waals surface area contributed by atoms with Gasteiger partial charge in [-0.25, -0.2) is 0 Å². The van der Waals surface area contributed by atoms with Gasteiger partial charge in [0.15, 0.2) is 0 Å². The minimum absolute atomic E-state index is 0.0263. The summed E-state index contributed by atoms with van der Waals surface area (Å²) in [6, 6.07) is 1.95. The summed E-state index contributed by atoms with van der Waals surface area (Å²) in [5.74, 6) is 0.0603. The molecule has 2 rings (SSSR count). The number of nitrogens with one attached hydrogen (secondary N) is 1. The van der Waals surface area contributed by atoms with E-state index in [4.69, 9.17) is 0 Å². The number of carbonyl (C=O) groups excluding carboxylic acids is 1. The zero-order chi connectivity index (χ0) is 12.5. The molecule has 1 aromatic heterocycles. The molecule has 0 aliphatic heterocycles. The summed E-state index contributed by atoms with van der Waals surface area (Å²) in [4.78, 5) is 13.0. The van der Waals surface area contributed by atoms with Gasteiger partial charge in [0.2, 0.25) is 0 Å². The lowest BCUT2D eigenvalue weighted by atomic mass is 10.0. The lowest BCUT2D eigenvalue weighted by Crippen LogP contribution is -2.47. The third-order valence-corrected chi connectivity index (χ3v) is 6.48. The first kappa shape index (κ1) is 13.6. The van der Waals surface area contributed by atoms with Crippen molar-refractivity contribution in [1.82, 2.24) is 5.32 Å². The van der Waals surface area contributed by atoms with Gasteiger partial charge in [0.25, 0.3) is 5.91 Å². The first-order valence-electron chi connectivity index (χ1n) is 5.71. The van der Waals surface area contributed by atoms with Crippen molar-refractivity contribution in [2.75, 3.05) is 5.33 Å². The van der Waals surface area contributed by atoms with E-state index in [2.05, 4.69) is 37.2 Å². The van der Waals surface area contributed by atoms with E-state index in [0.717, 1.165) is 32.4 Å². The number of halogens is 2. The van der Waals surface area contributed by atoms with Gasteiger partial charge in [0.1, 0.15) is 0 Å². The van der Waals surface area contributed by atoms with Crippen LogP contribution >= 0.6 is 43.2 Å². The molecule has 0 radical (unpaired) electrons. The quantitative estimate of drug-likeness (QED) is 0.780. The van der Waals surface area contributed by atoms with E-state index in [1.54, 1.807) is 0 Å². The molecule has 0 bridgehead atoms. The molecule has 1 saturated carbocycles. The summed E-state index contributed by atoms with van der Waals surface area (Å²) in [7, 11) is 0. The van der Waals surface area contributed by atoms with Crippen molar-refractivity contribution in [3.63, 3.8) is 0 Å². The number of aryl methyl sites for hydroxylation is 1. The minimum atomic E-state index is -0.0263. The van der Waals surface area contributed by atoms with Crippen LogP contribution in [0, 0.1) is 6.92 Å². The average molecular weight is 381 g/mol. The smallest absolute Gasteiger partial charge is 0.261 e. The molecule has 0 atom stereocenters. The second-order valence-corrected chi connectivity index (χ2v) is 7.57. The molecule has 0 spiro atoms.